The molecule has 1 aromatic heterocycles. The van der Waals surface area contributed by atoms with Crippen LogP contribution in [0.4, 0.5) is 25.8 Å². The molecule has 3 aromatic rings. The summed E-state index contributed by atoms with van der Waals surface area (Å²) in [6, 6.07) is 14.2. The summed E-state index contributed by atoms with van der Waals surface area (Å²) < 4.78 is 27.1. The van der Waals surface area contributed by atoms with Crippen molar-refractivity contribution in [1.29, 1.82) is 0 Å². The fourth-order valence-electron chi connectivity index (χ4n) is 4.44. The van der Waals surface area contributed by atoms with Gasteiger partial charge in [0.15, 0.2) is 11.6 Å². The molecule has 1 fully saturated rings. The fraction of sp³-hybridized carbons (Fsp3) is 0.310. The van der Waals surface area contributed by atoms with Crippen LogP contribution in [0.15, 0.2) is 73.2 Å². The molecule has 0 spiro atoms. The molecule has 9 heteroatoms. The van der Waals surface area contributed by atoms with Crippen molar-refractivity contribution >= 4 is 23.0 Å². The highest BCUT2D eigenvalue weighted by molar-refractivity contribution is 6.04. The maximum atomic E-state index is 13.7. The molecule has 200 valence electrons. The van der Waals surface area contributed by atoms with Crippen molar-refractivity contribution in [2.75, 3.05) is 42.5 Å². The lowest BCUT2D eigenvalue weighted by Crippen LogP contribution is -2.28. The van der Waals surface area contributed by atoms with Crippen molar-refractivity contribution in [2.45, 2.75) is 32.2 Å². The molecular weight excluding hydrogens is 486 g/mol. The first kappa shape index (κ1) is 27.1. The second-order valence-electron chi connectivity index (χ2n) is 9.47. The zero-order chi connectivity index (χ0) is 26.9. The third-order valence-electron chi connectivity index (χ3n) is 6.58. The highest BCUT2D eigenvalue weighted by Gasteiger charge is 2.15. The number of nitrogens with two attached hydrogens (primary N) is 1. The summed E-state index contributed by atoms with van der Waals surface area (Å²) in [6.07, 6.45) is 6.18. The van der Waals surface area contributed by atoms with Gasteiger partial charge < -0.3 is 26.2 Å². The van der Waals surface area contributed by atoms with E-state index in [0.717, 1.165) is 56.7 Å². The average molecular weight is 521 g/mol. The summed E-state index contributed by atoms with van der Waals surface area (Å²) in [7, 11) is 0. The first-order valence-electron chi connectivity index (χ1n) is 12.9. The number of hydrogen-bond acceptors (Lipinski definition) is 6. The number of nitrogen functional groups attached to an aromatic ring is 1. The predicted octanol–water partition coefficient (Wildman–Crippen LogP) is 5.46. The molecule has 0 aliphatic carbocycles. The van der Waals surface area contributed by atoms with Gasteiger partial charge >= 0.3 is 0 Å². The Balaban J connectivity index is 1.39. The van der Waals surface area contributed by atoms with Crippen molar-refractivity contribution < 1.29 is 13.6 Å². The molecule has 2 heterocycles. The van der Waals surface area contributed by atoms with Crippen molar-refractivity contribution in [3.05, 3.63) is 96.1 Å². The van der Waals surface area contributed by atoms with Gasteiger partial charge in [0.1, 0.15) is 5.69 Å². The minimum atomic E-state index is -0.921. The first-order chi connectivity index (χ1) is 18.4. The van der Waals surface area contributed by atoms with Gasteiger partial charge in [-0.2, -0.15) is 0 Å². The lowest BCUT2D eigenvalue weighted by molar-refractivity contribution is 0.102. The second-order valence-corrected chi connectivity index (χ2v) is 9.47. The summed E-state index contributed by atoms with van der Waals surface area (Å²) in [6.45, 7) is 8.74. The SMILES string of the molecule is C=C(Nc1ccc(F)c(F)c1)N(CCCCN1CCCC1)Cc1ccc(C(=O)Nc2ccccc2N)nc1. The van der Waals surface area contributed by atoms with Gasteiger partial charge in [-0.05, 0) is 81.2 Å². The number of carbonyl (C=O) groups is 1. The van der Waals surface area contributed by atoms with E-state index in [1.54, 1.807) is 36.5 Å². The van der Waals surface area contributed by atoms with Gasteiger partial charge in [0.2, 0.25) is 0 Å². The zero-order valence-corrected chi connectivity index (χ0v) is 21.4. The van der Waals surface area contributed by atoms with Gasteiger partial charge in [-0.1, -0.05) is 24.8 Å². The summed E-state index contributed by atoms with van der Waals surface area (Å²) in [4.78, 5) is 21.5. The highest BCUT2D eigenvalue weighted by atomic mass is 19.2. The van der Waals surface area contributed by atoms with E-state index in [1.807, 2.05) is 11.0 Å². The molecular formula is C29H34F2N6O. The van der Waals surface area contributed by atoms with Gasteiger partial charge in [0.05, 0.1) is 17.2 Å². The van der Waals surface area contributed by atoms with Gasteiger partial charge in [-0.25, -0.2) is 8.78 Å². The van der Waals surface area contributed by atoms with Crippen LogP contribution >= 0.6 is 0 Å². The second kappa shape index (κ2) is 13.0. The van der Waals surface area contributed by atoms with Crippen LogP contribution < -0.4 is 16.4 Å². The Morgan fingerprint density at radius 1 is 1.03 bits per heavy atom. The molecule has 0 saturated carbocycles. The molecule has 1 aliphatic heterocycles. The van der Waals surface area contributed by atoms with Crippen molar-refractivity contribution in [3.63, 3.8) is 0 Å². The lowest BCUT2D eigenvalue weighted by atomic mass is 10.2. The zero-order valence-electron chi connectivity index (χ0n) is 21.4. The molecule has 2 aromatic carbocycles. The third kappa shape index (κ3) is 7.52. The van der Waals surface area contributed by atoms with Crippen LogP contribution in [0.3, 0.4) is 0 Å². The molecule has 38 heavy (non-hydrogen) atoms. The molecule has 0 radical (unpaired) electrons. The summed E-state index contributed by atoms with van der Waals surface area (Å²) in [5.74, 6) is -1.60. The number of halogens is 2. The highest BCUT2D eigenvalue weighted by Crippen LogP contribution is 2.20. The van der Waals surface area contributed by atoms with Crippen LogP contribution in [0.5, 0.6) is 0 Å². The van der Waals surface area contributed by atoms with E-state index in [1.165, 1.54) is 18.9 Å². The number of aromatic nitrogens is 1. The molecule has 4 N–H and O–H groups in total. The Bertz CT molecular complexity index is 1240. The maximum Gasteiger partial charge on any atom is 0.274 e. The van der Waals surface area contributed by atoms with Crippen molar-refractivity contribution in [3.8, 4) is 0 Å². The molecule has 1 amide bonds. The number of nitrogens with zero attached hydrogens (tertiary/aromatic N) is 3. The van der Waals surface area contributed by atoms with Crippen LogP contribution in [0.1, 0.15) is 41.7 Å². The van der Waals surface area contributed by atoms with E-state index in [4.69, 9.17) is 5.73 Å². The van der Waals surface area contributed by atoms with Crippen LogP contribution in [0.25, 0.3) is 0 Å². The Morgan fingerprint density at radius 2 is 1.82 bits per heavy atom. The van der Waals surface area contributed by atoms with Crippen LogP contribution in [0.2, 0.25) is 0 Å². The van der Waals surface area contributed by atoms with E-state index >= 15 is 0 Å². The number of likely N-dealkylation sites (tertiary alicyclic amines) is 1. The Kier molecular flexibility index (Phi) is 9.26. The number of para-hydroxylation sites is 2. The number of benzene rings is 2. The number of hydrogen-bond donors (Lipinski definition) is 3. The first-order valence-corrected chi connectivity index (χ1v) is 12.9. The van der Waals surface area contributed by atoms with E-state index in [2.05, 4.69) is 27.1 Å². The van der Waals surface area contributed by atoms with Crippen LogP contribution in [-0.2, 0) is 6.54 Å². The monoisotopic (exact) mass is 520 g/mol. The fourth-order valence-corrected chi connectivity index (χ4v) is 4.44. The standard InChI is InChI=1S/C29H34F2N6O/c1-21(34-23-11-12-24(30)25(31)18-23)37(17-7-6-16-36-14-4-5-15-36)20-22-10-13-28(33-19-22)29(38)35-27-9-3-2-8-26(27)32/h2-3,8-13,18-19,34H,1,4-7,14-17,20,32H2,(H,35,38). The van der Waals surface area contributed by atoms with Crippen molar-refractivity contribution in [1.82, 2.24) is 14.8 Å². The van der Waals surface area contributed by atoms with E-state index in [-0.39, 0.29) is 11.6 Å². The molecule has 1 aliphatic rings. The lowest BCUT2D eigenvalue weighted by Gasteiger charge is -2.28. The molecule has 0 bridgehead atoms. The topological polar surface area (TPSA) is 86.5 Å². The van der Waals surface area contributed by atoms with E-state index < -0.39 is 11.6 Å². The third-order valence-corrected chi connectivity index (χ3v) is 6.58. The number of amides is 1. The number of nitrogens with one attached hydrogen (secondary N) is 2. The smallest absolute Gasteiger partial charge is 0.274 e. The summed E-state index contributed by atoms with van der Waals surface area (Å²) in [5.41, 5.74) is 8.49. The average Bonchev–Trinajstić information content (AvgIpc) is 3.43. The van der Waals surface area contributed by atoms with E-state index in [9.17, 15) is 13.6 Å². The molecule has 0 unspecified atom stereocenters. The molecule has 7 nitrogen and oxygen atoms in total. The molecule has 0 atom stereocenters. The van der Waals surface area contributed by atoms with Gasteiger partial charge in [0, 0.05) is 31.0 Å². The molecule has 4 rings (SSSR count). The molecule has 1 saturated heterocycles. The summed E-state index contributed by atoms with van der Waals surface area (Å²) in [5, 5.41) is 5.87. The number of rotatable bonds is 12. The summed E-state index contributed by atoms with van der Waals surface area (Å²) >= 11 is 0. The Labute approximate surface area is 222 Å². The quantitative estimate of drug-likeness (QED) is 0.217. The largest absolute Gasteiger partial charge is 0.397 e. The van der Waals surface area contributed by atoms with E-state index in [0.29, 0.717) is 29.4 Å². The Hall–Kier alpha value is -3.98. The Morgan fingerprint density at radius 3 is 2.53 bits per heavy atom. The minimum Gasteiger partial charge on any atom is -0.397 e. The van der Waals surface area contributed by atoms with Crippen LogP contribution in [-0.4, -0.2) is 46.9 Å². The normalized spacial score (nSPS) is 13.3. The van der Waals surface area contributed by atoms with Gasteiger partial charge in [-0.3, -0.25) is 9.78 Å². The number of unbranched alkanes of at least 4 members (excludes halogenated alkanes) is 1. The van der Waals surface area contributed by atoms with Crippen LogP contribution in [0, 0.1) is 11.6 Å². The maximum absolute atomic E-state index is 13.7. The minimum absolute atomic E-state index is 0.271. The predicted molar refractivity (Wildman–Crippen MR) is 147 cm³/mol. The van der Waals surface area contributed by atoms with Crippen molar-refractivity contribution in [2.24, 2.45) is 0 Å². The number of carbonyl (C=O) groups excluding carboxylic acids is 1. The van der Waals surface area contributed by atoms with Gasteiger partial charge in [-0.15, -0.1) is 0 Å². The van der Waals surface area contributed by atoms with Gasteiger partial charge in [0.25, 0.3) is 5.91 Å². The number of pyridine rings is 1. The number of anilines is 3.